The minimum Gasteiger partial charge on any atom is -0.356 e. The summed E-state index contributed by atoms with van der Waals surface area (Å²) in [4.78, 5) is 14.5. The first-order valence-corrected chi connectivity index (χ1v) is 6.44. The van der Waals surface area contributed by atoms with Gasteiger partial charge < -0.3 is 10.3 Å². The van der Waals surface area contributed by atoms with E-state index in [1.165, 1.54) is 12.1 Å². The predicted molar refractivity (Wildman–Crippen MR) is 71.1 cm³/mol. The van der Waals surface area contributed by atoms with Crippen LogP contribution in [-0.4, -0.2) is 10.9 Å². The molecule has 0 aliphatic carbocycles. The highest BCUT2D eigenvalue weighted by Crippen LogP contribution is 2.29. The zero-order valence-corrected chi connectivity index (χ0v) is 11.7. The van der Waals surface area contributed by atoms with Gasteiger partial charge in [0.25, 0.3) is 5.91 Å². The molecule has 0 saturated heterocycles. The van der Waals surface area contributed by atoms with Crippen LogP contribution in [0.5, 0.6) is 0 Å². The van der Waals surface area contributed by atoms with Crippen LogP contribution in [0.25, 0.3) is 0 Å². The van der Waals surface area contributed by atoms with Gasteiger partial charge in [0, 0.05) is 17.2 Å². The van der Waals surface area contributed by atoms with Crippen molar-refractivity contribution in [1.82, 2.24) is 10.3 Å². The molecule has 0 radical (unpaired) electrons. The maximum atomic E-state index is 12.4. The largest absolute Gasteiger partial charge is 0.416 e. The molecule has 0 fully saturated rings. The molecule has 106 valence electrons. The second kappa shape index (κ2) is 5.70. The molecule has 1 amide bonds. The number of hydrogen-bond donors (Lipinski definition) is 2. The summed E-state index contributed by atoms with van der Waals surface area (Å²) < 4.78 is 37.9. The smallest absolute Gasteiger partial charge is 0.356 e. The van der Waals surface area contributed by atoms with Crippen molar-refractivity contribution in [1.29, 1.82) is 0 Å². The second-order valence-corrected chi connectivity index (χ2v) is 5.02. The van der Waals surface area contributed by atoms with Gasteiger partial charge in [0.15, 0.2) is 0 Å². The molecule has 2 aromatic rings. The quantitative estimate of drug-likeness (QED) is 0.873. The number of carbonyl (C=O) groups excluding carboxylic acids is 1. The second-order valence-electron chi connectivity index (χ2n) is 4.11. The fourth-order valence-corrected chi connectivity index (χ4v) is 1.93. The number of amides is 1. The molecule has 1 aromatic carbocycles. The van der Waals surface area contributed by atoms with Gasteiger partial charge in [0.2, 0.25) is 0 Å². The van der Waals surface area contributed by atoms with E-state index in [-0.39, 0.29) is 12.5 Å². The molecule has 0 bridgehead atoms. The lowest BCUT2D eigenvalue weighted by Crippen LogP contribution is -2.23. The van der Waals surface area contributed by atoms with E-state index in [4.69, 9.17) is 0 Å². The Morgan fingerprint density at radius 1 is 1.25 bits per heavy atom. The van der Waals surface area contributed by atoms with E-state index in [0.717, 1.165) is 16.6 Å². The highest BCUT2D eigenvalue weighted by atomic mass is 79.9. The lowest BCUT2D eigenvalue weighted by Gasteiger charge is -2.08. The number of aromatic nitrogens is 1. The van der Waals surface area contributed by atoms with Crippen molar-refractivity contribution in [3.63, 3.8) is 0 Å². The fraction of sp³-hybridized carbons (Fsp3) is 0.154. The summed E-state index contributed by atoms with van der Waals surface area (Å²) in [5, 5.41) is 2.61. The number of alkyl halides is 3. The Morgan fingerprint density at radius 3 is 2.40 bits per heavy atom. The topological polar surface area (TPSA) is 44.9 Å². The van der Waals surface area contributed by atoms with E-state index in [1.54, 1.807) is 12.3 Å². The standard InChI is InChI=1S/C13H10BrF3N2O/c14-10-5-11(18-7-10)12(20)19-6-8-1-3-9(4-2-8)13(15,16)17/h1-5,7,18H,6H2,(H,19,20). The van der Waals surface area contributed by atoms with E-state index in [0.29, 0.717) is 11.3 Å². The summed E-state index contributed by atoms with van der Waals surface area (Å²) in [6, 6.07) is 6.28. The summed E-state index contributed by atoms with van der Waals surface area (Å²) in [5.41, 5.74) is 0.265. The molecule has 1 aromatic heterocycles. The number of halogens is 4. The molecule has 3 nitrogen and oxygen atoms in total. The van der Waals surface area contributed by atoms with Crippen molar-refractivity contribution >= 4 is 21.8 Å². The number of hydrogen-bond acceptors (Lipinski definition) is 1. The monoisotopic (exact) mass is 346 g/mol. The van der Waals surface area contributed by atoms with E-state index < -0.39 is 11.7 Å². The average Bonchev–Trinajstić information content (AvgIpc) is 2.82. The van der Waals surface area contributed by atoms with E-state index >= 15 is 0 Å². The summed E-state index contributed by atoms with van der Waals surface area (Å²) in [6.45, 7) is 0.160. The van der Waals surface area contributed by atoms with Gasteiger partial charge in [-0.1, -0.05) is 12.1 Å². The highest BCUT2D eigenvalue weighted by Gasteiger charge is 2.29. The Morgan fingerprint density at radius 2 is 1.90 bits per heavy atom. The Hall–Kier alpha value is -1.76. The summed E-state index contributed by atoms with van der Waals surface area (Å²) in [5.74, 6) is -0.324. The number of aromatic amines is 1. The maximum Gasteiger partial charge on any atom is 0.416 e. The highest BCUT2D eigenvalue weighted by molar-refractivity contribution is 9.10. The molecule has 0 saturated carbocycles. The molecular weight excluding hydrogens is 337 g/mol. The third-order valence-corrected chi connectivity index (χ3v) is 3.08. The van der Waals surface area contributed by atoms with E-state index in [1.807, 2.05) is 0 Å². The van der Waals surface area contributed by atoms with Crippen LogP contribution in [0.1, 0.15) is 21.6 Å². The Kier molecular flexibility index (Phi) is 4.17. The fourth-order valence-electron chi connectivity index (χ4n) is 1.59. The molecule has 0 aliphatic rings. The van der Waals surface area contributed by atoms with E-state index in [2.05, 4.69) is 26.2 Å². The summed E-state index contributed by atoms with van der Waals surface area (Å²) in [6.07, 6.45) is -2.73. The van der Waals surface area contributed by atoms with Crippen molar-refractivity contribution in [3.05, 3.63) is 57.8 Å². The SMILES string of the molecule is O=C(NCc1ccc(C(F)(F)F)cc1)c1cc(Br)c[nH]1. The van der Waals surface area contributed by atoms with Crippen LogP contribution in [-0.2, 0) is 12.7 Å². The molecule has 2 N–H and O–H groups in total. The zero-order valence-electron chi connectivity index (χ0n) is 10.1. The van der Waals surface area contributed by atoms with Crippen LogP contribution >= 0.6 is 15.9 Å². The number of rotatable bonds is 3. The van der Waals surface area contributed by atoms with Gasteiger partial charge in [-0.25, -0.2) is 0 Å². The lowest BCUT2D eigenvalue weighted by molar-refractivity contribution is -0.137. The lowest BCUT2D eigenvalue weighted by atomic mass is 10.1. The zero-order chi connectivity index (χ0) is 14.8. The molecule has 0 aliphatic heterocycles. The van der Waals surface area contributed by atoms with Crippen LogP contribution in [0.4, 0.5) is 13.2 Å². The molecular formula is C13H10BrF3N2O. The number of nitrogens with one attached hydrogen (secondary N) is 2. The average molecular weight is 347 g/mol. The predicted octanol–water partition coefficient (Wildman–Crippen LogP) is 3.73. The third-order valence-electron chi connectivity index (χ3n) is 2.63. The molecule has 1 heterocycles. The number of benzene rings is 1. The molecule has 2 rings (SSSR count). The van der Waals surface area contributed by atoms with Gasteiger partial charge in [0.1, 0.15) is 5.69 Å². The minimum atomic E-state index is -4.35. The Balaban J connectivity index is 1.96. The first kappa shape index (κ1) is 14.6. The van der Waals surface area contributed by atoms with E-state index in [9.17, 15) is 18.0 Å². The first-order chi connectivity index (χ1) is 9.36. The van der Waals surface area contributed by atoms with Crippen LogP contribution in [0.15, 0.2) is 41.0 Å². The summed E-state index contributed by atoms with van der Waals surface area (Å²) >= 11 is 3.21. The van der Waals surface area contributed by atoms with Crippen molar-refractivity contribution in [2.24, 2.45) is 0 Å². The van der Waals surface area contributed by atoms with Gasteiger partial charge in [-0.2, -0.15) is 13.2 Å². The first-order valence-electron chi connectivity index (χ1n) is 5.64. The maximum absolute atomic E-state index is 12.4. The normalized spacial score (nSPS) is 11.4. The van der Waals surface area contributed by atoms with Crippen LogP contribution < -0.4 is 5.32 Å². The number of H-pyrrole nitrogens is 1. The van der Waals surface area contributed by atoms with Crippen molar-refractivity contribution in [2.45, 2.75) is 12.7 Å². The van der Waals surface area contributed by atoms with Crippen LogP contribution in [0, 0.1) is 0 Å². The van der Waals surface area contributed by atoms with Crippen molar-refractivity contribution in [2.75, 3.05) is 0 Å². The third kappa shape index (κ3) is 3.63. The minimum absolute atomic E-state index is 0.160. The number of carbonyl (C=O) groups is 1. The van der Waals surface area contributed by atoms with Gasteiger partial charge in [-0.05, 0) is 39.7 Å². The van der Waals surface area contributed by atoms with Crippen LogP contribution in [0.2, 0.25) is 0 Å². The van der Waals surface area contributed by atoms with Crippen molar-refractivity contribution in [3.8, 4) is 0 Å². The molecule has 20 heavy (non-hydrogen) atoms. The van der Waals surface area contributed by atoms with Crippen molar-refractivity contribution < 1.29 is 18.0 Å². The van der Waals surface area contributed by atoms with Gasteiger partial charge >= 0.3 is 6.18 Å². The molecule has 0 atom stereocenters. The molecule has 0 unspecified atom stereocenters. The molecule has 0 spiro atoms. The Bertz CT molecular complexity index is 605. The summed E-state index contributed by atoms with van der Waals surface area (Å²) in [7, 11) is 0. The van der Waals surface area contributed by atoms with Gasteiger partial charge in [-0.15, -0.1) is 0 Å². The molecule has 7 heteroatoms. The van der Waals surface area contributed by atoms with Gasteiger partial charge in [-0.3, -0.25) is 4.79 Å². The van der Waals surface area contributed by atoms with Crippen LogP contribution in [0.3, 0.4) is 0 Å². The Labute approximate surface area is 121 Å². The van der Waals surface area contributed by atoms with Gasteiger partial charge in [0.05, 0.1) is 5.56 Å².